The van der Waals surface area contributed by atoms with E-state index in [1.165, 1.54) is 141 Å². The molecular weight excluding hydrogens is 793 g/mol. The minimum atomic E-state index is 1.21. The van der Waals surface area contributed by atoms with Crippen LogP contribution in [0.4, 0.5) is 0 Å². The maximum Gasteiger partial charge on any atom is -0.00134 e. The Kier molecular flexibility index (Phi) is 8.08. The fraction of sp³-hybridized carbons (Fsp3) is 0. The summed E-state index contributed by atoms with van der Waals surface area (Å²) in [4.78, 5) is 0. The Hall–Kier alpha value is -8.58. The van der Waals surface area contributed by atoms with Gasteiger partial charge in [-0.05, 0) is 190 Å². The molecule has 0 fully saturated rings. The molecule has 0 saturated heterocycles. The molecule has 0 unspecified atom stereocenters. The molecule has 0 N–H and O–H groups in total. The Balaban J connectivity index is 1.13. The molecule has 0 nitrogen and oxygen atoms in total. The highest BCUT2D eigenvalue weighted by atomic mass is 14.2. The van der Waals surface area contributed by atoms with Gasteiger partial charge in [-0.2, -0.15) is 0 Å². The third-order valence-corrected chi connectivity index (χ3v) is 14.3. The smallest absolute Gasteiger partial charge is 0.00134 e. The Bertz CT molecular complexity index is 3780. The lowest BCUT2D eigenvalue weighted by molar-refractivity contribution is 1.67. The maximum absolute atomic E-state index is 2.47. The van der Waals surface area contributed by atoms with E-state index in [9.17, 15) is 0 Å². The lowest BCUT2D eigenvalue weighted by atomic mass is 9.84. The van der Waals surface area contributed by atoms with E-state index in [4.69, 9.17) is 0 Å². The predicted molar refractivity (Wildman–Crippen MR) is 286 cm³/mol. The molecule has 0 aromatic heterocycles. The third kappa shape index (κ3) is 5.86. The van der Waals surface area contributed by atoms with Crippen molar-refractivity contribution in [1.82, 2.24) is 0 Å². The van der Waals surface area contributed by atoms with E-state index in [0.29, 0.717) is 0 Å². The van der Waals surface area contributed by atoms with Gasteiger partial charge in [-0.1, -0.05) is 194 Å². The zero-order valence-electron chi connectivity index (χ0n) is 36.1. The number of fused-ring (bicyclic) bond motifs is 15. The highest BCUT2D eigenvalue weighted by molar-refractivity contribution is 6.40. The van der Waals surface area contributed by atoms with Crippen LogP contribution in [-0.2, 0) is 0 Å². The second-order valence-corrected chi connectivity index (χ2v) is 18.0. The van der Waals surface area contributed by atoms with Crippen LogP contribution in [0.3, 0.4) is 0 Å². The van der Waals surface area contributed by atoms with Crippen molar-refractivity contribution in [2.45, 2.75) is 0 Å². The molecule has 304 valence electrons. The predicted octanol–water partition coefficient (Wildman–Crippen LogP) is 18.7. The van der Waals surface area contributed by atoms with Crippen LogP contribution in [-0.4, -0.2) is 0 Å². The van der Waals surface area contributed by atoms with Crippen LogP contribution in [0.2, 0.25) is 0 Å². The topological polar surface area (TPSA) is 0 Å². The second-order valence-electron chi connectivity index (χ2n) is 18.0. The van der Waals surface area contributed by atoms with Gasteiger partial charge < -0.3 is 0 Å². The van der Waals surface area contributed by atoms with Crippen molar-refractivity contribution in [2.24, 2.45) is 0 Å². The molecule has 66 heavy (non-hydrogen) atoms. The second kappa shape index (κ2) is 14.5. The van der Waals surface area contributed by atoms with Gasteiger partial charge in [0, 0.05) is 0 Å². The molecule has 0 aliphatic rings. The summed E-state index contributed by atoms with van der Waals surface area (Å²) in [5.41, 5.74) is 9.73. The number of benzene rings is 14. The molecular formula is C66H40. The van der Waals surface area contributed by atoms with Crippen LogP contribution in [0.5, 0.6) is 0 Å². The highest BCUT2D eigenvalue weighted by Crippen LogP contribution is 2.48. The molecule has 0 atom stereocenters. The summed E-state index contributed by atoms with van der Waals surface area (Å²) in [5.74, 6) is 0. The van der Waals surface area contributed by atoms with Gasteiger partial charge in [0.1, 0.15) is 0 Å². The van der Waals surface area contributed by atoms with E-state index in [-0.39, 0.29) is 0 Å². The van der Waals surface area contributed by atoms with Gasteiger partial charge in [-0.15, -0.1) is 0 Å². The van der Waals surface area contributed by atoms with E-state index in [2.05, 4.69) is 243 Å². The van der Waals surface area contributed by atoms with E-state index < -0.39 is 0 Å². The van der Waals surface area contributed by atoms with Gasteiger partial charge >= 0.3 is 0 Å². The molecule has 0 amide bonds. The van der Waals surface area contributed by atoms with Crippen LogP contribution in [0.25, 0.3) is 141 Å². The van der Waals surface area contributed by atoms with Crippen molar-refractivity contribution in [3.8, 4) is 44.5 Å². The molecule has 14 rings (SSSR count). The maximum atomic E-state index is 2.47. The largest absolute Gasteiger partial charge is 0.0616 e. The normalized spacial score (nSPS) is 11.9. The van der Waals surface area contributed by atoms with Gasteiger partial charge in [0.25, 0.3) is 0 Å². The number of hydrogen-bond acceptors (Lipinski definition) is 0. The first-order chi connectivity index (χ1) is 32.7. The minimum Gasteiger partial charge on any atom is -0.0616 e. The monoisotopic (exact) mass is 832 g/mol. The van der Waals surface area contributed by atoms with Crippen LogP contribution in [0.1, 0.15) is 0 Å². The van der Waals surface area contributed by atoms with Gasteiger partial charge in [-0.3, -0.25) is 0 Å². The summed E-state index contributed by atoms with van der Waals surface area (Å²) in [7, 11) is 0. The average Bonchev–Trinajstić information content (AvgIpc) is 3.39. The number of hydrogen-bond donors (Lipinski definition) is 0. The Morgan fingerprint density at radius 2 is 0.333 bits per heavy atom. The van der Waals surface area contributed by atoms with Crippen molar-refractivity contribution in [3.63, 3.8) is 0 Å². The van der Waals surface area contributed by atoms with Crippen molar-refractivity contribution >= 4 is 97.0 Å². The summed E-state index contributed by atoms with van der Waals surface area (Å²) in [6.07, 6.45) is 0. The fourth-order valence-electron chi connectivity index (χ4n) is 11.0. The molecule has 0 saturated carbocycles. The lowest BCUT2D eigenvalue weighted by Crippen LogP contribution is -1.92. The van der Waals surface area contributed by atoms with E-state index in [1.54, 1.807) is 0 Å². The van der Waals surface area contributed by atoms with Crippen LogP contribution >= 0.6 is 0 Å². The molecule has 0 aliphatic carbocycles. The summed E-state index contributed by atoms with van der Waals surface area (Å²) in [6, 6.07) is 90.9. The fourth-order valence-corrected chi connectivity index (χ4v) is 11.0. The van der Waals surface area contributed by atoms with Gasteiger partial charge in [-0.25, -0.2) is 0 Å². The Morgan fingerprint density at radius 1 is 0.136 bits per heavy atom. The van der Waals surface area contributed by atoms with Crippen LogP contribution in [0.15, 0.2) is 243 Å². The van der Waals surface area contributed by atoms with Gasteiger partial charge in [0.15, 0.2) is 0 Å². The Labute approximate surface area is 382 Å². The average molecular weight is 833 g/mol. The quantitative estimate of drug-likeness (QED) is 0.155. The van der Waals surface area contributed by atoms with Crippen molar-refractivity contribution < 1.29 is 0 Å². The van der Waals surface area contributed by atoms with Crippen molar-refractivity contribution in [3.05, 3.63) is 243 Å². The third-order valence-electron chi connectivity index (χ3n) is 14.3. The molecule has 14 aromatic carbocycles. The molecule has 0 bridgehead atoms. The molecule has 0 heteroatoms. The Morgan fingerprint density at radius 3 is 0.576 bits per heavy atom. The lowest BCUT2D eigenvalue weighted by Gasteiger charge is -2.19. The zero-order chi connectivity index (χ0) is 43.3. The van der Waals surface area contributed by atoms with Crippen LogP contribution in [0, 0.1) is 0 Å². The molecule has 0 spiro atoms. The van der Waals surface area contributed by atoms with E-state index >= 15 is 0 Å². The summed E-state index contributed by atoms with van der Waals surface area (Å²) >= 11 is 0. The summed E-state index contributed by atoms with van der Waals surface area (Å²) in [5, 5.41) is 22.7. The summed E-state index contributed by atoms with van der Waals surface area (Å²) < 4.78 is 0. The SMILES string of the molecule is c1ccc2cc(-c3ccc4c5ccc(-c6ccc7ccccc7c6)cc5c5c6cc(-c7ccc8ccccc8c7)ccc6c6ccc(-c7ccc8ccccc8c7)cc6c5c4c3)ccc2c1. The molecule has 14 aromatic rings. The van der Waals surface area contributed by atoms with Crippen molar-refractivity contribution in [2.75, 3.05) is 0 Å². The molecule has 0 radical (unpaired) electrons. The highest BCUT2D eigenvalue weighted by Gasteiger charge is 2.19. The molecule has 0 heterocycles. The minimum absolute atomic E-state index is 1.21. The number of rotatable bonds is 4. The van der Waals surface area contributed by atoms with Crippen LogP contribution < -0.4 is 0 Å². The standard InChI is InChI=1S/C66H40/c1-5-13-45-33-49(21-17-41(45)9-1)53-25-29-57-58-30-26-55(51-23-19-43-11-3-7-15-47(43)35-51)39-63(58)66-64-40-56(52-24-20-44-12-4-8-16-48(44)36-52)28-32-60(64)59-31-27-54(38-62(59)65(66)61(57)37-53)50-22-18-42-10-2-6-14-46(42)34-50/h1-40H. The van der Waals surface area contributed by atoms with E-state index in [1.807, 2.05) is 0 Å². The first kappa shape index (κ1) is 36.9. The van der Waals surface area contributed by atoms with E-state index in [0.717, 1.165) is 0 Å². The van der Waals surface area contributed by atoms with Gasteiger partial charge in [0.2, 0.25) is 0 Å². The first-order valence-corrected chi connectivity index (χ1v) is 23.0. The summed E-state index contributed by atoms with van der Waals surface area (Å²) in [6.45, 7) is 0. The zero-order valence-corrected chi connectivity index (χ0v) is 36.1. The first-order valence-electron chi connectivity index (χ1n) is 23.0. The van der Waals surface area contributed by atoms with Gasteiger partial charge in [0.05, 0.1) is 0 Å². The molecule has 0 aliphatic heterocycles. The van der Waals surface area contributed by atoms with Crippen molar-refractivity contribution in [1.29, 1.82) is 0 Å².